The number of aliphatic hydroxyl groups is 1. The van der Waals surface area contributed by atoms with Gasteiger partial charge >= 0.3 is 5.97 Å². The molecule has 0 aromatic heterocycles. The molecule has 214 valence electrons. The number of oxime groups is 1. The van der Waals surface area contributed by atoms with Crippen molar-refractivity contribution in [2.45, 2.75) is 83.2 Å². The zero-order valence-electron chi connectivity index (χ0n) is 23.7. The molecular formula is C33H42N2O5. The predicted octanol–water partition coefficient (Wildman–Crippen LogP) is 5.06. The first kappa shape index (κ1) is 28.4. The Kier molecular flexibility index (Phi) is 7.85. The second kappa shape index (κ2) is 11.0. The molecule has 7 atom stereocenters. The van der Waals surface area contributed by atoms with E-state index in [1.807, 2.05) is 30.3 Å². The van der Waals surface area contributed by atoms with Gasteiger partial charge in [-0.2, -0.15) is 0 Å². The molecule has 3 fully saturated rings. The van der Waals surface area contributed by atoms with Gasteiger partial charge in [-0.1, -0.05) is 60.8 Å². The summed E-state index contributed by atoms with van der Waals surface area (Å²) in [7, 11) is 0. The van der Waals surface area contributed by atoms with Gasteiger partial charge in [-0.3, -0.25) is 9.59 Å². The lowest BCUT2D eigenvalue weighted by Gasteiger charge is -2.58. The normalized spacial score (nSPS) is 36.3. The summed E-state index contributed by atoms with van der Waals surface area (Å²) in [6, 6.07) is 9.34. The molecule has 1 aromatic rings. The largest absolute Gasteiger partial charge is 0.481 e. The SMILES string of the molecule is C#C[C@]1(O)CC[C@H]2[C@@H]3CCC4=C/C(=N/OCC(=O)NC[C@H](CC(=O)O)c5ccccc5)CC[C@]4(C)[C@H]3CC[C@@]21C. The highest BCUT2D eigenvalue weighted by atomic mass is 16.6. The van der Waals surface area contributed by atoms with E-state index >= 15 is 0 Å². The van der Waals surface area contributed by atoms with Crippen LogP contribution in [0.25, 0.3) is 0 Å². The van der Waals surface area contributed by atoms with Crippen LogP contribution in [0.3, 0.4) is 0 Å². The van der Waals surface area contributed by atoms with Crippen molar-refractivity contribution < 1.29 is 24.6 Å². The van der Waals surface area contributed by atoms with Gasteiger partial charge in [0, 0.05) is 17.9 Å². The van der Waals surface area contributed by atoms with E-state index in [4.69, 9.17) is 11.3 Å². The number of allylic oxidation sites excluding steroid dienone is 2. The lowest BCUT2D eigenvalue weighted by atomic mass is 9.46. The van der Waals surface area contributed by atoms with E-state index in [9.17, 15) is 19.8 Å². The minimum Gasteiger partial charge on any atom is -0.481 e. The van der Waals surface area contributed by atoms with E-state index in [1.54, 1.807) is 0 Å². The Labute approximate surface area is 237 Å². The number of fused-ring (bicyclic) bond motifs is 5. The maximum absolute atomic E-state index is 12.4. The standard InChI is InChI=1S/C33H42N2O5/c1-4-33(39)17-14-28-26-11-10-24-19-25(12-15-31(24,2)27(26)13-16-32(28,33)3)35-40-21-29(36)34-20-23(18-30(37)38)22-8-6-5-7-9-22/h1,5-9,19,23,26-28,39H,10-18,20-21H2,2-3H3,(H,34,36)(H,37,38)/b35-25+/t23-,26+,27-,28-,31-,32-,33-/m0/s1. The monoisotopic (exact) mass is 546 g/mol. The summed E-state index contributed by atoms with van der Waals surface area (Å²) in [5.41, 5.74) is 2.13. The Hall–Kier alpha value is -3.11. The number of carbonyl (C=O) groups excluding carboxylic acids is 1. The van der Waals surface area contributed by atoms with Crippen LogP contribution in [0, 0.1) is 40.9 Å². The summed E-state index contributed by atoms with van der Waals surface area (Å²) in [6.07, 6.45) is 15.7. The van der Waals surface area contributed by atoms with Crippen molar-refractivity contribution in [1.29, 1.82) is 0 Å². The van der Waals surface area contributed by atoms with E-state index in [0.29, 0.717) is 24.2 Å². The number of carbonyl (C=O) groups is 2. The van der Waals surface area contributed by atoms with E-state index in [-0.39, 0.29) is 42.2 Å². The van der Waals surface area contributed by atoms with Crippen molar-refractivity contribution in [1.82, 2.24) is 5.32 Å². The number of carboxylic acids is 1. The highest BCUT2D eigenvalue weighted by Gasteiger charge is 2.63. The second-order valence-electron chi connectivity index (χ2n) is 12.9. The van der Waals surface area contributed by atoms with Crippen molar-refractivity contribution in [2.24, 2.45) is 33.7 Å². The Bertz CT molecular complexity index is 1230. The molecule has 3 N–H and O–H groups in total. The van der Waals surface area contributed by atoms with Gasteiger partial charge < -0.3 is 20.4 Å². The average molecular weight is 547 g/mol. The van der Waals surface area contributed by atoms with Crippen LogP contribution in [0.1, 0.15) is 83.1 Å². The second-order valence-corrected chi connectivity index (χ2v) is 12.9. The van der Waals surface area contributed by atoms with Crippen molar-refractivity contribution in [3.8, 4) is 12.3 Å². The molecule has 0 aliphatic heterocycles. The van der Waals surface area contributed by atoms with Crippen molar-refractivity contribution >= 4 is 17.6 Å². The quantitative estimate of drug-likeness (QED) is 0.312. The highest BCUT2D eigenvalue weighted by molar-refractivity contribution is 5.96. The van der Waals surface area contributed by atoms with Gasteiger partial charge in [0.05, 0.1) is 12.1 Å². The number of amides is 1. The molecule has 7 heteroatoms. The summed E-state index contributed by atoms with van der Waals surface area (Å²) in [5, 5.41) is 27.6. The number of aliphatic carboxylic acids is 1. The molecule has 0 bridgehead atoms. The molecule has 0 spiro atoms. The van der Waals surface area contributed by atoms with Crippen LogP contribution in [-0.4, -0.2) is 46.6 Å². The lowest BCUT2D eigenvalue weighted by molar-refractivity contribution is -0.137. The minimum atomic E-state index is -0.978. The molecule has 0 radical (unpaired) electrons. The molecular weight excluding hydrogens is 504 g/mol. The van der Waals surface area contributed by atoms with Crippen LogP contribution in [-0.2, 0) is 14.4 Å². The van der Waals surface area contributed by atoms with Gasteiger partial charge in [0.25, 0.3) is 5.91 Å². The third-order valence-electron chi connectivity index (χ3n) is 11.0. The van der Waals surface area contributed by atoms with E-state index in [1.165, 1.54) is 5.57 Å². The lowest BCUT2D eigenvalue weighted by Crippen LogP contribution is -2.54. The minimum absolute atomic E-state index is 0.0631. The predicted molar refractivity (Wildman–Crippen MR) is 153 cm³/mol. The highest BCUT2D eigenvalue weighted by Crippen LogP contribution is 2.67. The topological polar surface area (TPSA) is 108 Å². The summed E-state index contributed by atoms with van der Waals surface area (Å²) in [5.74, 6) is 2.87. The maximum Gasteiger partial charge on any atom is 0.304 e. The fraction of sp³-hybridized carbons (Fsp3) is 0.606. The van der Waals surface area contributed by atoms with Crippen LogP contribution >= 0.6 is 0 Å². The summed E-state index contributed by atoms with van der Waals surface area (Å²) in [4.78, 5) is 29.2. The molecule has 0 saturated heterocycles. The zero-order valence-corrected chi connectivity index (χ0v) is 23.7. The average Bonchev–Trinajstić information content (AvgIpc) is 3.22. The van der Waals surface area contributed by atoms with Crippen LogP contribution < -0.4 is 5.32 Å². The maximum atomic E-state index is 12.4. The Morgan fingerprint density at radius 3 is 2.60 bits per heavy atom. The molecule has 0 heterocycles. The molecule has 4 aliphatic carbocycles. The van der Waals surface area contributed by atoms with Gasteiger partial charge in [0.2, 0.25) is 0 Å². The fourth-order valence-electron chi connectivity index (χ4n) is 8.60. The summed E-state index contributed by atoms with van der Waals surface area (Å²) >= 11 is 0. The van der Waals surface area contributed by atoms with Crippen molar-refractivity contribution in [3.05, 3.63) is 47.5 Å². The fourth-order valence-corrected chi connectivity index (χ4v) is 8.60. The van der Waals surface area contributed by atoms with Gasteiger partial charge in [-0.05, 0) is 86.2 Å². The Balaban J connectivity index is 1.17. The first-order chi connectivity index (χ1) is 19.1. The molecule has 4 aliphatic rings. The molecule has 3 saturated carbocycles. The number of rotatable bonds is 8. The zero-order chi connectivity index (χ0) is 28.5. The molecule has 1 amide bonds. The molecule has 1 aromatic carbocycles. The number of nitrogens with zero attached hydrogens (tertiary/aromatic N) is 1. The van der Waals surface area contributed by atoms with Crippen LogP contribution in [0.5, 0.6) is 0 Å². The van der Waals surface area contributed by atoms with Crippen molar-refractivity contribution in [3.63, 3.8) is 0 Å². The molecule has 40 heavy (non-hydrogen) atoms. The number of terminal acetylenes is 1. The van der Waals surface area contributed by atoms with Gasteiger partial charge in [0.1, 0.15) is 5.60 Å². The molecule has 0 unspecified atom stereocenters. The third kappa shape index (κ3) is 5.07. The molecule has 7 nitrogen and oxygen atoms in total. The summed E-state index contributed by atoms with van der Waals surface area (Å²) < 4.78 is 0. The van der Waals surface area contributed by atoms with E-state index in [0.717, 1.165) is 56.2 Å². The van der Waals surface area contributed by atoms with Gasteiger partial charge in [0.15, 0.2) is 6.61 Å². The number of hydrogen-bond acceptors (Lipinski definition) is 5. The number of benzene rings is 1. The number of nitrogens with one attached hydrogen (secondary N) is 1. The van der Waals surface area contributed by atoms with Crippen LogP contribution in [0.15, 0.2) is 47.1 Å². The Morgan fingerprint density at radius 1 is 1.12 bits per heavy atom. The molecule has 5 rings (SSSR count). The van der Waals surface area contributed by atoms with Crippen molar-refractivity contribution in [2.75, 3.05) is 13.2 Å². The Morgan fingerprint density at radius 2 is 1.88 bits per heavy atom. The summed E-state index contributed by atoms with van der Waals surface area (Å²) in [6.45, 7) is 4.65. The first-order valence-electron chi connectivity index (χ1n) is 14.7. The van der Waals surface area contributed by atoms with E-state index in [2.05, 4.69) is 36.3 Å². The smallest absolute Gasteiger partial charge is 0.304 e. The van der Waals surface area contributed by atoms with Crippen LogP contribution in [0.4, 0.5) is 0 Å². The first-order valence-corrected chi connectivity index (χ1v) is 14.7. The van der Waals surface area contributed by atoms with Gasteiger partial charge in [-0.25, -0.2) is 0 Å². The van der Waals surface area contributed by atoms with Gasteiger partial charge in [-0.15, -0.1) is 6.42 Å². The van der Waals surface area contributed by atoms with E-state index < -0.39 is 11.6 Å². The van der Waals surface area contributed by atoms with Crippen LogP contribution in [0.2, 0.25) is 0 Å². The number of hydrogen-bond donors (Lipinski definition) is 3. The third-order valence-corrected chi connectivity index (χ3v) is 11.0. The number of carboxylic acid groups (broad SMARTS) is 1.